The van der Waals surface area contributed by atoms with Crippen LogP contribution in [0.2, 0.25) is 0 Å². The number of carbonyl (C=O) groups is 1. The van der Waals surface area contributed by atoms with Crippen LogP contribution in [-0.4, -0.2) is 53.7 Å². The molecule has 0 saturated carbocycles. The number of piperazine rings is 1. The normalized spacial score (nSPS) is 16.7. The molecule has 8 heteroatoms. The van der Waals surface area contributed by atoms with Gasteiger partial charge in [-0.05, 0) is 5.56 Å². The molecule has 116 valence electrons. The van der Waals surface area contributed by atoms with Crippen LogP contribution in [0.4, 0.5) is 4.79 Å². The van der Waals surface area contributed by atoms with Crippen LogP contribution >= 0.6 is 22.6 Å². The molecule has 0 aliphatic carbocycles. The van der Waals surface area contributed by atoms with E-state index in [2.05, 4.69) is 0 Å². The second-order valence-corrected chi connectivity index (χ2v) is 8.41. The summed E-state index contributed by atoms with van der Waals surface area (Å²) in [6, 6.07) is 9.45. The van der Waals surface area contributed by atoms with Crippen LogP contribution in [-0.2, 0) is 21.4 Å². The van der Waals surface area contributed by atoms with Crippen molar-refractivity contribution in [2.24, 2.45) is 0 Å². The molecule has 1 amide bonds. The molecule has 1 aromatic carbocycles. The Balaban J connectivity index is 1.81. The van der Waals surface area contributed by atoms with Crippen molar-refractivity contribution in [3.63, 3.8) is 0 Å². The summed E-state index contributed by atoms with van der Waals surface area (Å²) in [4.78, 5) is 13.5. The Hall–Kier alpha value is -0.870. The fourth-order valence-corrected chi connectivity index (χ4v) is 4.07. The van der Waals surface area contributed by atoms with Crippen LogP contribution in [0.3, 0.4) is 0 Å². The van der Waals surface area contributed by atoms with E-state index in [0.717, 1.165) is 5.56 Å². The Morgan fingerprint density at radius 2 is 1.76 bits per heavy atom. The molecule has 6 nitrogen and oxygen atoms in total. The molecule has 0 N–H and O–H groups in total. The van der Waals surface area contributed by atoms with E-state index in [-0.39, 0.29) is 10.4 Å². The molecular formula is C13H17IN2O4S. The van der Waals surface area contributed by atoms with Gasteiger partial charge in [0.2, 0.25) is 10.0 Å². The van der Waals surface area contributed by atoms with Gasteiger partial charge in [-0.1, -0.05) is 52.9 Å². The van der Waals surface area contributed by atoms with E-state index in [1.54, 1.807) is 4.90 Å². The van der Waals surface area contributed by atoms with Crippen LogP contribution in [0.15, 0.2) is 30.3 Å². The monoisotopic (exact) mass is 424 g/mol. The van der Waals surface area contributed by atoms with Gasteiger partial charge in [-0.3, -0.25) is 0 Å². The van der Waals surface area contributed by atoms with Gasteiger partial charge in [0.05, 0.1) is 0 Å². The Kier molecular flexibility index (Phi) is 5.82. The third-order valence-corrected chi connectivity index (χ3v) is 7.02. The fourth-order valence-electron chi connectivity index (χ4n) is 2.03. The van der Waals surface area contributed by atoms with Gasteiger partial charge in [-0.25, -0.2) is 13.2 Å². The molecule has 0 atom stereocenters. The highest BCUT2D eigenvalue weighted by Crippen LogP contribution is 2.11. The zero-order chi connectivity index (χ0) is 15.3. The van der Waals surface area contributed by atoms with Crippen molar-refractivity contribution in [2.75, 3.05) is 29.9 Å². The number of halogens is 1. The van der Waals surface area contributed by atoms with Crippen molar-refractivity contribution in [2.45, 2.75) is 6.61 Å². The summed E-state index contributed by atoms with van der Waals surface area (Å²) >= 11 is 1.84. The molecule has 2 rings (SSSR count). The van der Waals surface area contributed by atoms with Crippen molar-refractivity contribution in [1.29, 1.82) is 0 Å². The van der Waals surface area contributed by atoms with Crippen LogP contribution in [0.25, 0.3) is 0 Å². The molecule has 1 aliphatic rings. The highest BCUT2D eigenvalue weighted by molar-refractivity contribution is 14.1. The number of rotatable bonds is 4. The van der Waals surface area contributed by atoms with Gasteiger partial charge >= 0.3 is 6.09 Å². The van der Waals surface area contributed by atoms with E-state index in [4.69, 9.17) is 4.74 Å². The fraction of sp³-hybridized carbons (Fsp3) is 0.462. The highest BCUT2D eigenvalue weighted by Gasteiger charge is 2.28. The smallest absolute Gasteiger partial charge is 0.410 e. The molecule has 0 bridgehead atoms. The summed E-state index contributed by atoms with van der Waals surface area (Å²) in [6.07, 6.45) is -0.398. The van der Waals surface area contributed by atoms with Gasteiger partial charge in [0.1, 0.15) is 10.4 Å². The van der Waals surface area contributed by atoms with Crippen LogP contribution in [0, 0.1) is 0 Å². The zero-order valence-corrected chi connectivity index (χ0v) is 14.4. The minimum atomic E-state index is -3.18. The van der Waals surface area contributed by atoms with Crippen molar-refractivity contribution in [3.8, 4) is 0 Å². The number of benzene rings is 1. The maximum atomic E-state index is 11.9. The Bertz CT molecular complexity index is 571. The molecule has 1 aliphatic heterocycles. The summed E-state index contributed by atoms with van der Waals surface area (Å²) < 4.78 is 30.2. The van der Waals surface area contributed by atoms with Crippen molar-refractivity contribution >= 4 is 38.7 Å². The lowest BCUT2D eigenvalue weighted by Gasteiger charge is -2.32. The first-order valence-electron chi connectivity index (χ1n) is 6.52. The lowest BCUT2D eigenvalue weighted by Crippen LogP contribution is -2.50. The maximum absolute atomic E-state index is 11.9. The first kappa shape index (κ1) is 16.5. The lowest BCUT2D eigenvalue weighted by molar-refractivity contribution is 0.0839. The molecule has 1 aromatic rings. The summed E-state index contributed by atoms with van der Waals surface area (Å²) in [5.41, 5.74) is 0.928. The van der Waals surface area contributed by atoms with E-state index < -0.39 is 16.1 Å². The molecule has 1 saturated heterocycles. The van der Waals surface area contributed by atoms with E-state index >= 15 is 0 Å². The van der Waals surface area contributed by atoms with E-state index in [1.807, 2.05) is 52.9 Å². The maximum Gasteiger partial charge on any atom is 0.410 e. The minimum absolute atomic E-state index is 0.0587. The average Bonchev–Trinajstić information content (AvgIpc) is 2.53. The van der Waals surface area contributed by atoms with Gasteiger partial charge in [-0.2, -0.15) is 4.31 Å². The third-order valence-electron chi connectivity index (χ3n) is 3.23. The number of amides is 1. The average molecular weight is 424 g/mol. The van der Waals surface area contributed by atoms with Gasteiger partial charge in [0.25, 0.3) is 0 Å². The second-order valence-electron chi connectivity index (χ2n) is 4.65. The SMILES string of the molecule is O=C(OCc1ccccc1)N1CCN(S(=O)(=O)CI)CC1. The topological polar surface area (TPSA) is 66.9 Å². The van der Waals surface area contributed by atoms with E-state index in [1.165, 1.54) is 4.31 Å². The molecular weight excluding hydrogens is 407 g/mol. The predicted molar refractivity (Wildman–Crippen MR) is 87.6 cm³/mol. The van der Waals surface area contributed by atoms with Gasteiger partial charge in [-0.15, -0.1) is 0 Å². The van der Waals surface area contributed by atoms with E-state index in [9.17, 15) is 13.2 Å². The molecule has 0 spiro atoms. The van der Waals surface area contributed by atoms with Crippen molar-refractivity contribution < 1.29 is 17.9 Å². The number of hydrogen-bond acceptors (Lipinski definition) is 4. The second kappa shape index (κ2) is 7.41. The third kappa shape index (κ3) is 4.55. The zero-order valence-electron chi connectivity index (χ0n) is 11.4. The number of carbonyl (C=O) groups excluding carboxylic acids is 1. The predicted octanol–water partition coefficient (Wildman–Crippen LogP) is 1.66. The summed E-state index contributed by atoms with van der Waals surface area (Å²) in [5.74, 6) is 0. The number of hydrogen-bond donors (Lipinski definition) is 0. The Morgan fingerprint density at radius 3 is 2.33 bits per heavy atom. The number of sulfonamides is 1. The quantitative estimate of drug-likeness (QED) is 0.545. The number of alkyl halides is 1. The molecule has 0 radical (unpaired) electrons. The Labute approximate surface area is 138 Å². The first-order chi connectivity index (χ1) is 10.0. The highest BCUT2D eigenvalue weighted by atomic mass is 127. The number of ether oxygens (including phenoxy) is 1. The molecule has 1 fully saturated rings. The summed E-state index contributed by atoms with van der Waals surface area (Å²) in [5, 5.41) is 0. The molecule has 0 unspecified atom stereocenters. The molecule has 1 heterocycles. The van der Waals surface area contributed by atoms with Gasteiger partial charge in [0.15, 0.2) is 0 Å². The largest absolute Gasteiger partial charge is 0.445 e. The minimum Gasteiger partial charge on any atom is -0.445 e. The summed E-state index contributed by atoms with van der Waals surface area (Å²) in [7, 11) is -3.18. The lowest BCUT2D eigenvalue weighted by atomic mass is 10.2. The standard InChI is InChI=1S/C13H17IN2O4S/c14-11-21(18,19)16-8-6-15(7-9-16)13(17)20-10-12-4-2-1-3-5-12/h1-5H,6-11H2. The molecule has 0 aromatic heterocycles. The van der Waals surface area contributed by atoms with Crippen molar-refractivity contribution in [3.05, 3.63) is 35.9 Å². The van der Waals surface area contributed by atoms with Crippen LogP contribution < -0.4 is 0 Å². The van der Waals surface area contributed by atoms with Crippen molar-refractivity contribution in [1.82, 2.24) is 9.21 Å². The summed E-state index contributed by atoms with van der Waals surface area (Å²) in [6.45, 7) is 1.61. The van der Waals surface area contributed by atoms with Gasteiger partial charge in [0, 0.05) is 26.2 Å². The molecule has 21 heavy (non-hydrogen) atoms. The number of nitrogens with zero attached hydrogens (tertiary/aromatic N) is 2. The van der Waals surface area contributed by atoms with E-state index in [0.29, 0.717) is 26.2 Å². The Morgan fingerprint density at radius 1 is 1.14 bits per heavy atom. The first-order valence-corrected chi connectivity index (χ1v) is 9.66. The van der Waals surface area contributed by atoms with Gasteiger partial charge < -0.3 is 9.64 Å². The van der Waals surface area contributed by atoms with Crippen LogP contribution in [0.1, 0.15) is 5.56 Å². The van der Waals surface area contributed by atoms with Crippen LogP contribution in [0.5, 0.6) is 0 Å².